The third-order valence-electron chi connectivity index (χ3n) is 1.80. The van der Waals surface area contributed by atoms with Crippen molar-refractivity contribution in [3.63, 3.8) is 0 Å². The Morgan fingerprint density at radius 3 is 1.82 bits per heavy atom. The molecule has 0 unspecified atom stereocenters. The average Bonchev–Trinajstić information content (AvgIpc) is 2.16. The van der Waals surface area contributed by atoms with Gasteiger partial charge < -0.3 is 0 Å². The summed E-state index contributed by atoms with van der Waals surface area (Å²) in [5, 5.41) is 0. The Bertz CT molecular complexity index is 397. The van der Waals surface area contributed by atoms with Crippen molar-refractivity contribution in [1.82, 2.24) is 4.98 Å². The smallest absolute Gasteiger partial charge is 0.254 e. The summed E-state index contributed by atoms with van der Waals surface area (Å²) in [5.41, 5.74) is -1.65. The lowest BCUT2D eigenvalue weighted by atomic mass is 10.1. The average molecular weight is 326 g/mol. The Balaban J connectivity index is 3.23. The lowest BCUT2D eigenvalue weighted by Crippen LogP contribution is -2.50. The van der Waals surface area contributed by atoms with Crippen LogP contribution in [-0.2, 0) is 5.92 Å². The SMILES string of the molecule is FC(F)(F)C(F)(F)C(F)(F)c1ccc(Br)cn1. The van der Waals surface area contributed by atoms with E-state index in [0.29, 0.717) is 12.3 Å². The molecule has 0 radical (unpaired) electrons. The van der Waals surface area contributed by atoms with E-state index in [9.17, 15) is 30.7 Å². The Morgan fingerprint density at radius 1 is 0.941 bits per heavy atom. The second-order valence-corrected chi connectivity index (χ2v) is 3.92. The molecular weight excluding hydrogens is 323 g/mol. The summed E-state index contributed by atoms with van der Waals surface area (Å²) in [4.78, 5) is 2.85. The summed E-state index contributed by atoms with van der Waals surface area (Å²) in [6.07, 6.45) is -5.65. The molecule has 0 N–H and O–H groups in total. The number of rotatable bonds is 2. The molecule has 0 atom stereocenters. The first-order valence-electron chi connectivity index (χ1n) is 3.94. The fraction of sp³-hybridized carbons (Fsp3) is 0.375. The van der Waals surface area contributed by atoms with E-state index in [0.717, 1.165) is 6.07 Å². The summed E-state index contributed by atoms with van der Waals surface area (Å²) in [6.45, 7) is 0. The molecule has 0 saturated carbocycles. The number of aromatic nitrogens is 1. The van der Waals surface area contributed by atoms with Crippen molar-refractivity contribution in [1.29, 1.82) is 0 Å². The van der Waals surface area contributed by atoms with Crippen molar-refractivity contribution in [2.24, 2.45) is 0 Å². The number of alkyl halides is 7. The normalized spacial score (nSPS) is 13.9. The molecule has 0 saturated heterocycles. The van der Waals surface area contributed by atoms with E-state index in [1.165, 1.54) is 0 Å². The van der Waals surface area contributed by atoms with Crippen molar-refractivity contribution in [2.75, 3.05) is 0 Å². The van der Waals surface area contributed by atoms with Gasteiger partial charge in [-0.2, -0.15) is 30.7 Å². The summed E-state index contributed by atoms with van der Waals surface area (Å²) in [7, 11) is 0. The molecule has 1 nitrogen and oxygen atoms in total. The van der Waals surface area contributed by atoms with Crippen LogP contribution in [0.25, 0.3) is 0 Å². The molecular formula is C8H3BrF7N. The van der Waals surface area contributed by atoms with Gasteiger partial charge in [0.25, 0.3) is 0 Å². The first-order chi connectivity index (χ1) is 7.50. The molecule has 0 aliphatic heterocycles. The standard InChI is InChI=1S/C8H3BrF7N/c9-4-1-2-5(17-3-4)6(10,11)7(12,13)8(14,15)16/h1-3H. The van der Waals surface area contributed by atoms with Gasteiger partial charge in [0, 0.05) is 10.7 Å². The van der Waals surface area contributed by atoms with Crippen LogP contribution in [0.5, 0.6) is 0 Å². The summed E-state index contributed by atoms with van der Waals surface area (Å²) in [6, 6.07) is 1.28. The fourth-order valence-electron chi connectivity index (χ4n) is 0.900. The topological polar surface area (TPSA) is 12.9 Å². The maximum absolute atomic E-state index is 13.0. The third kappa shape index (κ3) is 2.38. The fourth-order valence-corrected chi connectivity index (χ4v) is 1.13. The lowest BCUT2D eigenvalue weighted by Gasteiger charge is -2.27. The number of hydrogen-bond acceptors (Lipinski definition) is 1. The van der Waals surface area contributed by atoms with Gasteiger partial charge in [-0.3, -0.25) is 4.98 Å². The minimum absolute atomic E-state index is 0.173. The van der Waals surface area contributed by atoms with Gasteiger partial charge in [0.2, 0.25) is 0 Å². The Hall–Kier alpha value is -0.860. The minimum Gasteiger partial charge on any atom is -0.254 e. The van der Waals surface area contributed by atoms with Crippen LogP contribution in [0.4, 0.5) is 30.7 Å². The molecule has 9 heteroatoms. The first-order valence-corrected chi connectivity index (χ1v) is 4.74. The van der Waals surface area contributed by atoms with Gasteiger partial charge >= 0.3 is 18.0 Å². The van der Waals surface area contributed by atoms with Crippen LogP contribution >= 0.6 is 15.9 Å². The zero-order valence-electron chi connectivity index (χ0n) is 7.70. The van der Waals surface area contributed by atoms with E-state index >= 15 is 0 Å². The highest BCUT2D eigenvalue weighted by atomic mass is 79.9. The Kier molecular flexibility index (Phi) is 3.43. The molecule has 0 fully saturated rings. The zero-order chi connectivity index (χ0) is 13.5. The molecule has 1 rings (SSSR count). The maximum atomic E-state index is 13.0. The van der Waals surface area contributed by atoms with Gasteiger partial charge in [-0.15, -0.1) is 0 Å². The van der Waals surface area contributed by atoms with Gasteiger partial charge in [0.15, 0.2) is 0 Å². The maximum Gasteiger partial charge on any atom is 0.460 e. The molecule has 17 heavy (non-hydrogen) atoms. The molecule has 0 bridgehead atoms. The molecule has 0 amide bonds. The minimum atomic E-state index is -6.36. The van der Waals surface area contributed by atoms with Crippen LogP contribution in [0, 0.1) is 0 Å². The predicted octanol–water partition coefficient (Wildman–Crippen LogP) is 4.13. The number of pyridine rings is 1. The molecule has 0 aromatic carbocycles. The molecule has 0 aliphatic rings. The van der Waals surface area contributed by atoms with Gasteiger partial charge in [-0.05, 0) is 28.1 Å². The highest BCUT2D eigenvalue weighted by molar-refractivity contribution is 9.10. The largest absolute Gasteiger partial charge is 0.460 e. The molecule has 1 heterocycles. The first kappa shape index (κ1) is 14.2. The van der Waals surface area contributed by atoms with E-state index in [4.69, 9.17) is 0 Å². The van der Waals surface area contributed by atoms with E-state index < -0.39 is 23.7 Å². The van der Waals surface area contributed by atoms with Gasteiger partial charge in [-0.1, -0.05) is 0 Å². The molecule has 96 valence electrons. The quantitative estimate of drug-likeness (QED) is 0.745. The van der Waals surface area contributed by atoms with E-state index in [1.54, 1.807) is 0 Å². The predicted molar refractivity (Wildman–Crippen MR) is 46.8 cm³/mol. The van der Waals surface area contributed by atoms with Crippen LogP contribution in [0.15, 0.2) is 22.8 Å². The van der Waals surface area contributed by atoms with Crippen LogP contribution in [0.2, 0.25) is 0 Å². The molecule has 1 aromatic heterocycles. The Morgan fingerprint density at radius 2 is 1.47 bits per heavy atom. The monoisotopic (exact) mass is 325 g/mol. The van der Waals surface area contributed by atoms with E-state index in [2.05, 4.69) is 20.9 Å². The van der Waals surface area contributed by atoms with E-state index in [-0.39, 0.29) is 4.47 Å². The summed E-state index contributed by atoms with van der Waals surface area (Å²) >= 11 is 2.79. The Labute approximate surface area is 98.8 Å². The van der Waals surface area contributed by atoms with Crippen molar-refractivity contribution in [2.45, 2.75) is 18.0 Å². The highest BCUT2D eigenvalue weighted by Gasteiger charge is 2.74. The van der Waals surface area contributed by atoms with Crippen molar-refractivity contribution in [3.05, 3.63) is 28.5 Å². The van der Waals surface area contributed by atoms with E-state index in [1.807, 2.05) is 0 Å². The number of halogens is 8. The molecule has 0 aliphatic carbocycles. The third-order valence-corrected chi connectivity index (χ3v) is 2.27. The highest BCUT2D eigenvalue weighted by Crippen LogP contribution is 2.51. The second kappa shape index (κ2) is 4.11. The van der Waals surface area contributed by atoms with Crippen LogP contribution in [-0.4, -0.2) is 17.1 Å². The van der Waals surface area contributed by atoms with Gasteiger partial charge in [-0.25, -0.2) is 0 Å². The van der Waals surface area contributed by atoms with Crippen LogP contribution < -0.4 is 0 Å². The summed E-state index contributed by atoms with van der Waals surface area (Å²) in [5.74, 6) is -11.6. The second-order valence-electron chi connectivity index (χ2n) is 3.01. The van der Waals surface area contributed by atoms with Crippen molar-refractivity contribution in [3.8, 4) is 0 Å². The summed E-state index contributed by atoms with van der Waals surface area (Å²) < 4.78 is 86.8. The van der Waals surface area contributed by atoms with Gasteiger partial charge in [0.1, 0.15) is 5.69 Å². The molecule has 0 spiro atoms. The lowest BCUT2D eigenvalue weighted by molar-refractivity contribution is -0.360. The van der Waals surface area contributed by atoms with Gasteiger partial charge in [0.05, 0.1) is 0 Å². The molecule has 1 aromatic rings. The number of nitrogens with zero attached hydrogens (tertiary/aromatic N) is 1. The van der Waals surface area contributed by atoms with Crippen LogP contribution in [0.3, 0.4) is 0 Å². The number of hydrogen-bond donors (Lipinski definition) is 0. The zero-order valence-corrected chi connectivity index (χ0v) is 9.29. The van der Waals surface area contributed by atoms with Crippen molar-refractivity contribution < 1.29 is 30.7 Å². The van der Waals surface area contributed by atoms with Crippen molar-refractivity contribution >= 4 is 15.9 Å². The van der Waals surface area contributed by atoms with Crippen LogP contribution in [0.1, 0.15) is 5.69 Å².